The fourth-order valence-corrected chi connectivity index (χ4v) is 3.61. The molecule has 0 aliphatic heterocycles. The van der Waals surface area contributed by atoms with Gasteiger partial charge in [0, 0.05) is 47.6 Å². The molecule has 4 rings (SSSR count). The molecule has 0 unspecified atom stereocenters. The van der Waals surface area contributed by atoms with Crippen molar-refractivity contribution >= 4 is 11.0 Å². The van der Waals surface area contributed by atoms with Crippen LogP contribution >= 0.6 is 0 Å². The van der Waals surface area contributed by atoms with Crippen LogP contribution in [0.3, 0.4) is 0 Å². The van der Waals surface area contributed by atoms with Crippen molar-refractivity contribution in [2.75, 3.05) is 0 Å². The molecule has 0 fully saturated rings. The van der Waals surface area contributed by atoms with Gasteiger partial charge in [0.15, 0.2) is 0 Å². The average molecular weight is 336 g/mol. The summed E-state index contributed by atoms with van der Waals surface area (Å²) in [5.41, 5.74) is 4.73. The van der Waals surface area contributed by atoms with E-state index in [1.165, 1.54) is 0 Å². The molecule has 2 N–H and O–H groups in total. The van der Waals surface area contributed by atoms with Crippen molar-refractivity contribution in [2.45, 2.75) is 39.3 Å². The van der Waals surface area contributed by atoms with E-state index in [-0.39, 0.29) is 11.4 Å². The van der Waals surface area contributed by atoms with Gasteiger partial charge in [-0.15, -0.1) is 0 Å². The summed E-state index contributed by atoms with van der Waals surface area (Å²) in [6.07, 6.45) is 6.18. The second-order valence-electron chi connectivity index (χ2n) is 6.55. The van der Waals surface area contributed by atoms with Gasteiger partial charge in [-0.25, -0.2) is 4.79 Å². The number of phenols is 1. The number of rotatable bonds is 4. The molecule has 25 heavy (non-hydrogen) atoms. The molecule has 0 saturated carbocycles. The number of pyridine rings is 1. The fourth-order valence-electron chi connectivity index (χ4n) is 3.61. The van der Waals surface area contributed by atoms with Crippen LogP contribution in [0.15, 0.2) is 39.8 Å². The number of nitrogens with zero attached hydrogens (tertiary/aromatic N) is 1. The van der Waals surface area contributed by atoms with E-state index in [4.69, 9.17) is 4.42 Å². The van der Waals surface area contributed by atoms with E-state index < -0.39 is 0 Å². The van der Waals surface area contributed by atoms with Crippen molar-refractivity contribution in [1.82, 2.24) is 10.3 Å². The third kappa shape index (κ3) is 2.81. The maximum atomic E-state index is 12.1. The highest BCUT2D eigenvalue weighted by molar-refractivity contribution is 5.87. The minimum absolute atomic E-state index is 0.191. The summed E-state index contributed by atoms with van der Waals surface area (Å²) in [6.45, 7) is 3.04. The van der Waals surface area contributed by atoms with E-state index in [1.807, 2.05) is 18.2 Å². The van der Waals surface area contributed by atoms with Crippen LogP contribution in [0.5, 0.6) is 5.75 Å². The van der Waals surface area contributed by atoms with Crippen molar-refractivity contribution in [3.8, 4) is 5.75 Å². The summed E-state index contributed by atoms with van der Waals surface area (Å²) < 4.78 is 5.50. The minimum atomic E-state index is -0.258. The summed E-state index contributed by atoms with van der Waals surface area (Å²) >= 11 is 0. The number of phenolic OH excluding ortho intramolecular Hbond substituents is 1. The Morgan fingerprint density at radius 3 is 2.76 bits per heavy atom. The van der Waals surface area contributed by atoms with Crippen molar-refractivity contribution in [2.24, 2.45) is 0 Å². The van der Waals surface area contributed by atoms with Gasteiger partial charge in [0.25, 0.3) is 0 Å². The Morgan fingerprint density at radius 1 is 1.20 bits per heavy atom. The van der Waals surface area contributed by atoms with E-state index >= 15 is 0 Å². The van der Waals surface area contributed by atoms with Crippen LogP contribution in [-0.4, -0.2) is 10.1 Å². The van der Waals surface area contributed by atoms with E-state index in [2.05, 4.69) is 10.3 Å². The number of nitrogens with one attached hydrogen (secondary N) is 1. The molecule has 128 valence electrons. The average Bonchev–Trinajstić information content (AvgIpc) is 3.12. The topological polar surface area (TPSA) is 75.4 Å². The van der Waals surface area contributed by atoms with E-state index in [0.717, 1.165) is 46.9 Å². The minimum Gasteiger partial charge on any atom is -0.507 e. The van der Waals surface area contributed by atoms with Crippen LogP contribution in [-0.2, 0) is 25.9 Å². The third-order valence-corrected chi connectivity index (χ3v) is 4.94. The Kier molecular flexibility index (Phi) is 4.01. The second kappa shape index (κ2) is 6.33. The first-order chi connectivity index (χ1) is 12.1. The van der Waals surface area contributed by atoms with Crippen LogP contribution in [0.1, 0.15) is 34.2 Å². The molecule has 2 aromatic heterocycles. The van der Waals surface area contributed by atoms with Crippen molar-refractivity contribution < 1.29 is 9.52 Å². The van der Waals surface area contributed by atoms with Crippen LogP contribution in [0, 0.1) is 6.92 Å². The predicted octanol–water partition coefficient (Wildman–Crippen LogP) is 2.98. The molecule has 0 saturated heterocycles. The lowest BCUT2D eigenvalue weighted by Crippen LogP contribution is -2.13. The number of fused-ring (bicyclic) bond motifs is 3. The normalized spacial score (nSPS) is 13.3. The molecule has 1 aliphatic rings. The van der Waals surface area contributed by atoms with Crippen LogP contribution in [0.2, 0.25) is 0 Å². The Bertz CT molecular complexity index is 993. The lowest BCUT2D eigenvalue weighted by atomic mass is 10.00. The number of hydrogen-bond donors (Lipinski definition) is 2. The van der Waals surface area contributed by atoms with Gasteiger partial charge in [-0.05, 0) is 55.5 Å². The molecule has 1 aliphatic carbocycles. The van der Waals surface area contributed by atoms with Crippen LogP contribution in [0.4, 0.5) is 0 Å². The molecular weight excluding hydrogens is 316 g/mol. The predicted molar refractivity (Wildman–Crippen MR) is 95.7 cm³/mol. The molecule has 0 radical (unpaired) electrons. The Balaban J connectivity index is 1.69. The largest absolute Gasteiger partial charge is 0.507 e. The highest BCUT2D eigenvalue weighted by Crippen LogP contribution is 2.35. The van der Waals surface area contributed by atoms with Gasteiger partial charge in [-0.1, -0.05) is 0 Å². The molecule has 0 spiro atoms. The molecule has 2 heterocycles. The van der Waals surface area contributed by atoms with E-state index in [1.54, 1.807) is 19.3 Å². The highest BCUT2D eigenvalue weighted by atomic mass is 16.4. The molecule has 5 nitrogen and oxygen atoms in total. The number of benzene rings is 1. The van der Waals surface area contributed by atoms with Crippen molar-refractivity contribution in [1.29, 1.82) is 0 Å². The Morgan fingerprint density at radius 2 is 1.96 bits per heavy atom. The maximum absolute atomic E-state index is 12.1. The van der Waals surface area contributed by atoms with Gasteiger partial charge in [-0.2, -0.15) is 0 Å². The van der Waals surface area contributed by atoms with Gasteiger partial charge >= 0.3 is 5.63 Å². The molecule has 1 aromatic carbocycles. The van der Waals surface area contributed by atoms with E-state index in [9.17, 15) is 9.90 Å². The van der Waals surface area contributed by atoms with Crippen LogP contribution < -0.4 is 10.9 Å². The lowest BCUT2D eigenvalue weighted by Gasteiger charge is -2.13. The molecule has 0 bridgehead atoms. The zero-order valence-electron chi connectivity index (χ0n) is 14.1. The van der Waals surface area contributed by atoms with E-state index in [0.29, 0.717) is 24.2 Å². The number of aromatic nitrogens is 1. The third-order valence-electron chi connectivity index (χ3n) is 4.94. The summed E-state index contributed by atoms with van der Waals surface area (Å²) in [5.74, 6) is 0.191. The standard InChI is InChI=1S/C20H20N2O3/c1-12-18(23)14(11-22-10-13-5-7-21-8-6-13)9-17-15-3-2-4-16(15)20(24)25-19(12)17/h5-9,22-23H,2-4,10-11H2,1H3. The second-order valence-corrected chi connectivity index (χ2v) is 6.55. The van der Waals surface area contributed by atoms with Gasteiger partial charge in [0.1, 0.15) is 11.3 Å². The monoisotopic (exact) mass is 336 g/mol. The number of aryl methyl sites for hydroxylation is 2. The first-order valence-electron chi connectivity index (χ1n) is 8.55. The van der Waals surface area contributed by atoms with Crippen molar-refractivity contribution in [3.05, 3.63) is 68.8 Å². The quantitative estimate of drug-likeness (QED) is 0.717. The zero-order chi connectivity index (χ0) is 17.4. The number of hydrogen-bond acceptors (Lipinski definition) is 5. The summed E-state index contributed by atoms with van der Waals surface area (Å²) in [7, 11) is 0. The fraction of sp³-hybridized carbons (Fsp3) is 0.300. The summed E-state index contributed by atoms with van der Waals surface area (Å²) in [5, 5.41) is 14.8. The van der Waals surface area contributed by atoms with Gasteiger partial charge in [-0.3, -0.25) is 4.98 Å². The Hall–Kier alpha value is -2.66. The van der Waals surface area contributed by atoms with Crippen LogP contribution in [0.25, 0.3) is 11.0 Å². The zero-order valence-corrected chi connectivity index (χ0v) is 14.1. The first kappa shape index (κ1) is 15.8. The summed E-state index contributed by atoms with van der Waals surface area (Å²) in [6, 6.07) is 5.88. The Labute approximate surface area is 145 Å². The molecule has 3 aromatic rings. The summed E-state index contributed by atoms with van der Waals surface area (Å²) in [4.78, 5) is 16.1. The maximum Gasteiger partial charge on any atom is 0.339 e. The molecule has 5 heteroatoms. The van der Waals surface area contributed by atoms with Gasteiger partial charge in [0.05, 0.1) is 0 Å². The van der Waals surface area contributed by atoms with Crippen molar-refractivity contribution in [3.63, 3.8) is 0 Å². The smallest absolute Gasteiger partial charge is 0.339 e. The molecular formula is C20H20N2O3. The van der Waals surface area contributed by atoms with Gasteiger partial charge in [0.2, 0.25) is 0 Å². The molecule has 0 atom stereocenters. The highest BCUT2D eigenvalue weighted by Gasteiger charge is 2.22. The SMILES string of the molecule is Cc1c(O)c(CNCc2ccncc2)cc2c3c(c(=O)oc12)CCC3. The van der Waals surface area contributed by atoms with Gasteiger partial charge < -0.3 is 14.8 Å². The number of aromatic hydroxyl groups is 1. The molecule has 0 amide bonds. The lowest BCUT2D eigenvalue weighted by molar-refractivity contribution is 0.457. The first-order valence-corrected chi connectivity index (χ1v) is 8.55.